The zero-order chi connectivity index (χ0) is 13.7. The van der Waals surface area contributed by atoms with Gasteiger partial charge in [-0.3, -0.25) is 4.57 Å². The summed E-state index contributed by atoms with van der Waals surface area (Å²) in [5.74, 6) is 1.17. The van der Waals surface area contributed by atoms with Crippen LogP contribution in [0.3, 0.4) is 0 Å². The lowest BCUT2D eigenvalue weighted by molar-refractivity contribution is 0.0918. The van der Waals surface area contributed by atoms with E-state index < -0.39 is 7.60 Å². The predicted octanol–water partition coefficient (Wildman–Crippen LogP) is 2.76. The van der Waals surface area contributed by atoms with E-state index in [4.69, 9.17) is 18.5 Å². The van der Waals surface area contributed by atoms with Crippen molar-refractivity contribution in [3.8, 4) is 0 Å². The maximum Gasteiger partial charge on any atom is 0.353 e. The first kappa shape index (κ1) is 17.3. The van der Waals surface area contributed by atoms with Crippen LogP contribution in [0.1, 0.15) is 0 Å². The topological polar surface area (TPSA) is 54.0 Å². The summed E-state index contributed by atoms with van der Waals surface area (Å²) in [4.78, 5) is 0. The molecule has 104 valence electrons. The van der Waals surface area contributed by atoms with Crippen molar-refractivity contribution in [1.29, 1.82) is 0 Å². The van der Waals surface area contributed by atoms with Crippen molar-refractivity contribution in [3.05, 3.63) is 37.7 Å². The molecule has 0 saturated heterocycles. The average Bonchev–Trinajstić information content (AvgIpc) is 2.38. The lowest BCUT2D eigenvalue weighted by Crippen LogP contribution is -2.07. The molecule has 0 aliphatic heterocycles. The summed E-state index contributed by atoms with van der Waals surface area (Å²) < 4.78 is 32.3. The molecular formula is C12H21O5P. The van der Waals surface area contributed by atoms with Gasteiger partial charge in [0.05, 0.1) is 39.6 Å². The van der Waals surface area contributed by atoms with Crippen LogP contribution < -0.4 is 0 Å². The first-order valence-corrected chi connectivity index (χ1v) is 7.19. The molecule has 18 heavy (non-hydrogen) atoms. The molecule has 0 amide bonds. The highest BCUT2D eigenvalue weighted by atomic mass is 31.2. The standard InChI is InChI=1S/C12H21O5P/c1-4-7-14-9-11-16-18(13,6-3)17-12-10-15-8-5-2/h4-6H,1-3,7-12H2. The Balaban J connectivity index is 3.73. The molecule has 0 aromatic carbocycles. The molecule has 0 aliphatic carbocycles. The second-order valence-corrected chi connectivity index (χ2v) is 5.08. The summed E-state index contributed by atoms with van der Waals surface area (Å²) in [6, 6.07) is 0. The lowest BCUT2D eigenvalue weighted by Gasteiger charge is -2.14. The van der Waals surface area contributed by atoms with Crippen LogP contribution in [-0.2, 0) is 23.1 Å². The monoisotopic (exact) mass is 276 g/mol. The molecule has 6 heteroatoms. The van der Waals surface area contributed by atoms with E-state index in [1.807, 2.05) is 0 Å². The van der Waals surface area contributed by atoms with E-state index in [1.165, 1.54) is 5.82 Å². The van der Waals surface area contributed by atoms with Crippen molar-refractivity contribution in [1.82, 2.24) is 0 Å². The summed E-state index contributed by atoms with van der Waals surface area (Å²) in [5, 5.41) is 0. The zero-order valence-corrected chi connectivity index (χ0v) is 11.5. The Morgan fingerprint density at radius 3 is 1.61 bits per heavy atom. The second kappa shape index (κ2) is 11.4. The summed E-state index contributed by atoms with van der Waals surface area (Å²) in [7, 11) is -3.25. The Morgan fingerprint density at radius 2 is 1.28 bits per heavy atom. The van der Waals surface area contributed by atoms with Gasteiger partial charge in [-0.05, 0) is 0 Å². The van der Waals surface area contributed by atoms with Crippen molar-refractivity contribution in [2.75, 3.05) is 39.6 Å². The third-order valence-electron chi connectivity index (χ3n) is 1.69. The molecule has 0 N–H and O–H groups in total. The van der Waals surface area contributed by atoms with Crippen LogP contribution in [0.4, 0.5) is 0 Å². The summed E-state index contributed by atoms with van der Waals surface area (Å²) in [6.07, 6.45) is 3.25. The van der Waals surface area contributed by atoms with Crippen LogP contribution >= 0.6 is 7.60 Å². The van der Waals surface area contributed by atoms with E-state index in [2.05, 4.69) is 19.7 Å². The van der Waals surface area contributed by atoms with Gasteiger partial charge in [0.2, 0.25) is 0 Å². The molecule has 0 bridgehead atoms. The van der Waals surface area contributed by atoms with Crippen LogP contribution in [0.2, 0.25) is 0 Å². The summed E-state index contributed by atoms with van der Waals surface area (Å²) in [5.41, 5.74) is 0. The minimum atomic E-state index is -3.25. The molecule has 0 radical (unpaired) electrons. The normalized spacial score (nSPS) is 11.1. The van der Waals surface area contributed by atoms with E-state index in [9.17, 15) is 4.57 Å². The minimum Gasteiger partial charge on any atom is -0.375 e. The van der Waals surface area contributed by atoms with Crippen molar-refractivity contribution < 1.29 is 23.1 Å². The van der Waals surface area contributed by atoms with E-state index in [-0.39, 0.29) is 13.2 Å². The highest BCUT2D eigenvalue weighted by Crippen LogP contribution is 2.48. The van der Waals surface area contributed by atoms with Gasteiger partial charge in [0.1, 0.15) is 0 Å². The first-order valence-electron chi connectivity index (χ1n) is 5.58. The third-order valence-corrected chi connectivity index (χ3v) is 3.22. The summed E-state index contributed by atoms with van der Waals surface area (Å²) in [6.45, 7) is 12.3. The van der Waals surface area contributed by atoms with Crippen LogP contribution in [0, 0.1) is 0 Å². The van der Waals surface area contributed by atoms with E-state index >= 15 is 0 Å². The molecule has 0 unspecified atom stereocenters. The fraction of sp³-hybridized carbons (Fsp3) is 0.500. The molecule has 5 nitrogen and oxygen atoms in total. The quantitative estimate of drug-likeness (QED) is 0.294. The molecule has 0 fully saturated rings. The van der Waals surface area contributed by atoms with Gasteiger partial charge in [-0.25, -0.2) is 0 Å². The van der Waals surface area contributed by atoms with Gasteiger partial charge in [-0.1, -0.05) is 18.7 Å². The highest BCUT2D eigenvalue weighted by Gasteiger charge is 2.19. The minimum absolute atomic E-state index is 0.171. The number of ether oxygens (including phenoxy) is 2. The Bertz CT molecular complexity index is 268. The maximum absolute atomic E-state index is 11.9. The van der Waals surface area contributed by atoms with Gasteiger partial charge in [0, 0.05) is 5.82 Å². The SMILES string of the molecule is C=CCOCCOP(=O)(C=C)OCCOCC=C. The Hall–Kier alpha value is -0.710. The van der Waals surface area contributed by atoms with Crippen molar-refractivity contribution in [2.45, 2.75) is 0 Å². The molecule has 0 heterocycles. The molecular weight excluding hydrogens is 255 g/mol. The van der Waals surface area contributed by atoms with Crippen molar-refractivity contribution in [2.24, 2.45) is 0 Å². The van der Waals surface area contributed by atoms with Gasteiger partial charge in [-0.15, -0.1) is 13.2 Å². The van der Waals surface area contributed by atoms with E-state index in [0.29, 0.717) is 26.4 Å². The molecule has 0 aliphatic rings. The van der Waals surface area contributed by atoms with Crippen molar-refractivity contribution in [3.63, 3.8) is 0 Å². The highest BCUT2D eigenvalue weighted by molar-refractivity contribution is 7.57. The van der Waals surface area contributed by atoms with Gasteiger partial charge in [0.25, 0.3) is 0 Å². The van der Waals surface area contributed by atoms with Crippen LogP contribution in [0.5, 0.6) is 0 Å². The molecule has 0 rings (SSSR count). The second-order valence-electron chi connectivity index (χ2n) is 3.12. The van der Waals surface area contributed by atoms with E-state index in [0.717, 1.165) is 0 Å². The Labute approximate surface area is 109 Å². The lowest BCUT2D eigenvalue weighted by atomic mass is 10.7. The summed E-state index contributed by atoms with van der Waals surface area (Å²) >= 11 is 0. The Kier molecular flexibility index (Phi) is 10.9. The average molecular weight is 276 g/mol. The molecule has 0 spiro atoms. The molecule has 0 atom stereocenters. The van der Waals surface area contributed by atoms with E-state index in [1.54, 1.807) is 12.2 Å². The van der Waals surface area contributed by atoms with Crippen LogP contribution in [0.25, 0.3) is 0 Å². The largest absolute Gasteiger partial charge is 0.375 e. The third kappa shape index (κ3) is 9.33. The smallest absolute Gasteiger partial charge is 0.353 e. The predicted molar refractivity (Wildman–Crippen MR) is 71.7 cm³/mol. The van der Waals surface area contributed by atoms with Gasteiger partial charge in [-0.2, -0.15) is 0 Å². The van der Waals surface area contributed by atoms with Gasteiger partial charge < -0.3 is 18.5 Å². The van der Waals surface area contributed by atoms with Gasteiger partial charge >= 0.3 is 7.60 Å². The van der Waals surface area contributed by atoms with Crippen LogP contribution in [-0.4, -0.2) is 39.6 Å². The zero-order valence-electron chi connectivity index (χ0n) is 10.6. The molecule has 0 saturated carbocycles. The number of rotatable bonds is 13. The first-order chi connectivity index (χ1) is 8.68. The molecule has 0 aromatic heterocycles. The maximum atomic E-state index is 11.9. The fourth-order valence-corrected chi connectivity index (χ4v) is 1.87. The van der Waals surface area contributed by atoms with Gasteiger partial charge in [0.15, 0.2) is 0 Å². The van der Waals surface area contributed by atoms with Crippen molar-refractivity contribution >= 4 is 7.60 Å². The number of hydrogen-bond donors (Lipinski definition) is 0. The number of hydrogen-bond acceptors (Lipinski definition) is 5. The van der Waals surface area contributed by atoms with Crippen LogP contribution in [0.15, 0.2) is 37.7 Å². The fourth-order valence-electron chi connectivity index (χ4n) is 0.923. The molecule has 0 aromatic rings. The Morgan fingerprint density at radius 1 is 0.833 bits per heavy atom.